The second-order valence-electron chi connectivity index (χ2n) is 7.69. The minimum atomic E-state index is -1.02. The van der Waals surface area contributed by atoms with Crippen LogP contribution in [0.4, 0.5) is 0 Å². The van der Waals surface area contributed by atoms with Crippen LogP contribution in [0.25, 0.3) is 0 Å². The summed E-state index contributed by atoms with van der Waals surface area (Å²) in [6.45, 7) is 0.284. The van der Waals surface area contributed by atoms with Gasteiger partial charge in [-0.15, -0.1) is 0 Å². The Morgan fingerprint density at radius 3 is 2.67 bits per heavy atom. The van der Waals surface area contributed by atoms with Gasteiger partial charge in [0.15, 0.2) is 0 Å². The first kappa shape index (κ1) is 19.4. The van der Waals surface area contributed by atoms with Gasteiger partial charge in [0.05, 0.1) is 0 Å². The van der Waals surface area contributed by atoms with Crippen molar-refractivity contribution in [3.63, 3.8) is 0 Å². The molecule has 146 valence electrons. The number of carbonyl (C=O) groups is 3. The molecule has 1 aliphatic carbocycles. The first-order chi connectivity index (χ1) is 12.9. The fraction of sp³-hybridized carbons (Fsp3) is 0.550. The monoisotopic (exact) mass is 373 g/mol. The Labute approximate surface area is 158 Å². The zero-order valence-corrected chi connectivity index (χ0v) is 15.4. The second-order valence-corrected chi connectivity index (χ2v) is 7.69. The Kier molecular flexibility index (Phi) is 5.79. The highest BCUT2D eigenvalue weighted by Crippen LogP contribution is 2.30. The van der Waals surface area contributed by atoms with Gasteiger partial charge in [-0.1, -0.05) is 25.0 Å². The number of carbonyl (C=O) groups excluding carboxylic acids is 2. The van der Waals surface area contributed by atoms with E-state index in [2.05, 4.69) is 0 Å². The van der Waals surface area contributed by atoms with Gasteiger partial charge in [0.25, 0.3) is 5.91 Å². The van der Waals surface area contributed by atoms with E-state index in [1.54, 1.807) is 6.07 Å². The predicted molar refractivity (Wildman–Crippen MR) is 99.8 cm³/mol. The summed E-state index contributed by atoms with van der Waals surface area (Å²) in [5.41, 5.74) is 14.3. The zero-order valence-electron chi connectivity index (χ0n) is 15.4. The predicted octanol–water partition coefficient (Wildman–Crippen LogP) is 1.42. The summed E-state index contributed by atoms with van der Waals surface area (Å²) < 4.78 is 0. The molecule has 0 radical (unpaired) electrons. The lowest BCUT2D eigenvalue weighted by atomic mass is 9.81. The van der Waals surface area contributed by atoms with E-state index in [9.17, 15) is 14.4 Å². The lowest BCUT2D eigenvalue weighted by Crippen LogP contribution is -2.45. The largest absolute Gasteiger partial charge is 0.481 e. The minimum absolute atomic E-state index is 0.0220. The lowest BCUT2D eigenvalue weighted by Gasteiger charge is -2.28. The molecule has 1 fully saturated rings. The van der Waals surface area contributed by atoms with Crippen molar-refractivity contribution in [3.8, 4) is 0 Å². The summed E-state index contributed by atoms with van der Waals surface area (Å²) in [6.07, 6.45) is 5.29. The number of amides is 2. The number of nitrogens with zero attached hydrogens (tertiary/aromatic N) is 1. The summed E-state index contributed by atoms with van der Waals surface area (Å²) in [4.78, 5) is 36.7. The third-order valence-electron chi connectivity index (χ3n) is 5.80. The van der Waals surface area contributed by atoms with Crippen molar-refractivity contribution in [2.45, 2.75) is 63.6 Å². The molecule has 7 heteroatoms. The molecule has 2 aliphatic rings. The van der Waals surface area contributed by atoms with Crippen LogP contribution in [-0.4, -0.2) is 39.9 Å². The molecule has 1 heterocycles. The molecule has 0 spiro atoms. The molecule has 7 nitrogen and oxygen atoms in total. The van der Waals surface area contributed by atoms with Gasteiger partial charge < -0.3 is 21.5 Å². The first-order valence-electron chi connectivity index (χ1n) is 9.56. The van der Waals surface area contributed by atoms with Crippen molar-refractivity contribution >= 4 is 17.8 Å². The van der Waals surface area contributed by atoms with Gasteiger partial charge in [-0.3, -0.25) is 14.4 Å². The maximum Gasteiger partial charge on any atom is 0.303 e. The van der Waals surface area contributed by atoms with Crippen LogP contribution in [0.5, 0.6) is 0 Å². The lowest BCUT2D eigenvalue weighted by molar-refractivity contribution is -0.137. The van der Waals surface area contributed by atoms with Crippen LogP contribution >= 0.6 is 0 Å². The smallest absolute Gasteiger partial charge is 0.303 e. The van der Waals surface area contributed by atoms with Crippen molar-refractivity contribution in [1.82, 2.24) is 4.90 Å². The molecule has 0 bridgehead atoms. The van der Waals surface area contributed by atoms with Gasteiger partial charge in [-0.25, -0.2) is 0 Å². The number of nitrogens with two attached hydrogens (primary N) is 2. The third-order valence-corrected chi connectivity index (χ3v) is 5.80. The van der Waals surface area contributed by atoms with Crippen molar-refractivity contribution in [2.75, 3.05) is 0 Å². The van der Waals surface area contributed by atoms with E-state index in [1.165, 1.54) is 17.7 Å². The topological polar surface area (TPSA) is 127 Å². The summed E-state index contributed by atoms with van der Waals surface area (Å²) in [5, 5.41) is 8.87. The van der Waals surface area contributed by atoms with Crippen molar-refractivity contribution in [3.05, 3.63) is 34.9 Å². The Morgan fingerprint density at radius 2 is 2.00 bits per heavy atom. The standard InChI is InChI=1S/C20H27N3O4/c21-16-4-2-1-3-13(16)9-12-5-6-15-14(10-12)11-23(20(15)27)17(19(22)26)7-8-18(24)25/h5-6,10,13,16-17H,1-4,7-9,11,21H2,(H2,22,26)(H,24,25)/t13-,16+,17?/m1/s1. The van der Waals surface area contributed by atoms with E-state index in [-0.39, 0.29) is 31.3 Å². The highest BCUT2D eigenvalue weighted by Gasteiger charge is 2.35. The fourth-order valence-corrected chi connectivity index (χ4v) is 4.28. The molecule has 3 atom stereocenters. The Balaban J connectivity index is 1.74. The Bertz CT molecular complexity index is 749. The van der Waals surface area contributed by atoms with Crippen LogP contribution in [0.15, 0.2) is 18.2 Å². The third kappa shape index (κ3) is 4.30. The van der Waals surface area contributed by atoms with Gasteiger partial charge >= 0.3 is 5.97 Å². The molecule has 27 heavy (non-hydrogen) atoms. The molecule has 1 unspecified atom stereocenters. The van der Waals surface area contributed by atoms with E-state index < -0.39 is 17.9 Å². The summed E-state index contributed by atoms with van der Waals surface area (Å²) in [6, 6.07) is 5.09. The van der Waals surface area contributed by atoms with Crippen LogP contribution in [-0.2, 0) is 22.6 Å². The summed E-state index contributed by atoms with van der Waals surface area (Å²) >= 11 is 0. The normalized spacial score (nSPS) is 23.1. The summed E-state index contributed by atoms with van der Waals surface area (Å²) in [7, 11) is 0. The fourth-order valence-electron chi connectivity index (χ4n) is 4.28. The van der Waals surface area contributed by atoms with E-state index in [1.807, 2.05) is 12.1 Å². The molecule has 2 amide bonds. The number of benzene rings is 1. The number of primary amides is 1. The van der Waals surface area contributed by atoms with Crippen LogP contribution in [0.2, 0.25) is 0 Å². The molecule has 0 aromatic heterocycles. The van der Waals surface area contributed by atoms with Crippen LogP contribution in [0.3, 0.4) is 0 Å². The number of fused-ring (bicyclic) bond motifs is 1. The van der Waals surface area contributed by atoms with Crippen molar-refractivity contribution in [2.24, 2.45) is 17.4 Å². The Morgan fingerprint density at radius 1 is 1.26 bits per heavy atom. The zero-order chi connectivity index (χ0) is 19.6. The van der Waals surface area contributed by atoms with Crippen LogP contribution in [0.1, 0.15) is 60.0 Å². The number of aliphatic carboxylic acids is 1. The SMILES string of the molecule is NC(=O)C(CCC(=O)O)N1Cc2cc(C[C@H]3CCCC[C@@H]3N)ccc2C1=O. The molecule has 1 aromatic rings. The maximum atomic E-state index is 12.7. The number of carboxylic acids is 1. The van der Waals surface area contributed by atoms with Crippen molar-refractivity contribution < 1.29 is 19.5 Å². The van der Waals surface area contributed by atoms with E-state index in [0.717, 1.165) is 30.4 Å². The highest BCUT2D eigenvalue weighted by atomic mass is 16.4. The molecule has 1 aromatic carbocycles. The molecule has 0 saturated heterocycles. The molecular weight excluding hydrogens is 346 g/mol. The van der Waals surface area contributed by atoms with Gasteiger partial charge in [-0.05, 0) is 48.8 Å². The average Bonchev–Trinajstić information content (AvgIpc) is 2.93. The average molecular weight is 373 g/mol. The van der Waals surface area contributed by atoms with Gasteiger partial charge in [-0.2, -0.15) is 0 Å². The number of rotatable bonds is 7. The summed E-state index contributed by atoms with van der Waals surface area (Å²) in [5.74, 6) is -1.50. The molecule has 1 aliphatic heterocycles. The van der Waals surface area contributed by atoms with Crippen LogP contribution < -0.4 is 11.5 Å². The van der Waals surface area contributed by atoms with E-state index >= 15 is 0 Å². The van der Waals surface area contributed by atoms with Crippen molar-refractivity contribution in [1.29, 1.82) is 0 Å². The van der Waals surface area contributed by atoms with Gasteiger partial charge in [0, 0.05) is 24.6 Å². The van der Waals surface area contributed by atoms with E-state index in [0.29, 0.717) is 11.5 Å². The second kappa shape index (κ2) is 8.08. The minimum Gasteiger partial charge on any atom is -0.481 e. The number of carboxylic acid groups (broad SMARTS) is 1. The quantitative estimate of drug-likeness (QED) is 0.666. The molecular formula is C20H27N3O4. The molecule has 5 N–H and O–H groups in total. The van der Waals surface area contributed by atoms with Gasteiger partial charge in [0.2, 0.25) is 5.91 Å². The number of hydrogen-bond acceptors (Lipinski definition) is 4. The Hall–Kier alpha value is -2.41. The van der Waals surface area contributed by atoms with E-state index in [4.69, 9.17) is 16.6 Å². The maximum absolute atomic E-state index is 12.7. The molecule has 1 saturated carbocycles. The first-order valence-corrected chi connectivity index (χ1v) is 9.56. The van der Waals surface area contributed by atoms with Crippen LogP contribution in [0, 0.1) is 5.92 Å². The number of hydrogen-bond donors (Lipinski definition) is 3. The van der Waals surface area contributed by atoms with Gasteiger partial charge in [0.1, 0.15) is 6.04 Å². The highest BCUT2D eigenvalue weighted by molar-refractivity contribution is 6.01. The molecule has 3 rings (SSSR count).